The molecular formula is C21H26FN3O4S. The molecular weight excluding hydrogens is 409 g/mol. The van der Waals surface area contributed by atoms with Crippen LogP contribution >= 0.6 is 0 Å². The number of nitrogens with zero attached hydrogens (tertiary/aromatic N) is 1. The van der Waals surface area contributed by atoms with Crippen molar-refractivity contribution in [3.63, 3.8) is 0 Å². The molecule has 7 nitrogen and oxygen atoms in total. The number of halogens is 1. The first kappa shape index (κ1) is 22.2. The lowest BCUT2D eigenvalue weighted by Gasteiger charge is -2.25. The van der Waals surface area contributed by atoms with Crippen LogP contribution in [0.15, 0.2) is 47.4 Å². The lowest BCUT2D eigenvalue weighted by Crippen LogP contribution is -2.34. The van der Waals surface area contributed by atoms with Crippen molar-refractivity contribution in [3.05, 3.63) is 59.4 Å². The van der Waals surface area contributed by atoms with E-state index in [-0.39, 0.29) is 40.7 Å². The number of rotatable bonds is 9. The summed E-state index contributed by atoms with van der Waals surface area (Å²) in [7, 11) is 1.26. The van der Waals surface area contributed by atoms with E-state index in [4.69, 9.17) is 4.74 Å². The predicted molar refractivity (Wildman–Crippen MR) is 111 cm³/mol. The number of benzene rings is 2. The van der Waals surface area contributed by atoms with E-state index in [9.17, 15) is 17.6 Å². The summed E-state index contributed by atoms with van der Waals surface area (Å²) < 4.78 is 46.7. The van der Waals surface area contributed by atoms with Crippen molar-refractivity contribution in [3.8, 4) is 5.75 Å². The number of sulfonamides is 1. The van der Waals surface area contributed by atoms with E-state index < -0.39 is 15.9 Å². The molecule has 162 valence electrons. The third-order valence-corrected chi connectivity index (χ3v) is 6.47. The molecule has 1 aliphatic rings. The van der Waals surface area contributed by atoms with Crippen LogP contribution in [0.25, 0.3) is 0 Å². The molecule has 2 aromatic carbocycles. The van der Waals surface area contributed by atoms with Crippen LogP contribution in [0, 0.1) is 5.82 Å². The molecule has 1 amide bonds. The molecule has 1 unspecified atom stereocenters. The zero-order chi connectivity index (χ0) is 21.9. The Hall–Kier alpha value is -2.49. The fraction of sp³-hybridized carbons (Fsp3) is 0.381. The average Bonchev–Trinajstić information content (AvgIpc) is 3.50. The van der Waals surface area contributed by atoms with Gasteiger partial charge in [-0.2, -0.15) is 0 Å². The minimum absolute atomic E-state index is 0.0655. The van der Waals surface area contributed by atoms with Gasteiger partial charge in [-0.15, -0.1) is 0 Å². The number of nitrogens with one attached hydrogen (secondary N) is 2. The molecule has 0 spiro atoms. The largest absolute Gasteiger partial charge is 0.495 e. The van der Waals surface area contributed by atoms with Crippen molar-refractivity contribution in [2.24, 2.45) is 0 Å². The molecule has 1 saturated carbocycles. The maximum atomic E-state index is 13.6. The summed E-state index contributed by atoms with van der Waals surface area (Å²) in [5.74, 6) is -0.603. The third-order valence-electron chi connectivity index (χ3n) is 4.93. The van der Waals surface area contributed by atoms with E-state index in [1.165, 1.54) is 37.4 Å². The van der Waals surface area contributed by atoms with Gasteiger partial charge in [-0.25, -0.2) is 17.5 Å². The van der Waals surface area contributed by atoms with Gasteiger partial charge < -0.3 is 15.0 Å². The van der Waals surface area contributed by atoms with Crippen molar-refractivity contribution in [1.82, 2.24) is 14.9 Å². The number of methoxy groups -OCH3 is 1. The number of likely N-dealkylation sites (N-methyl/N-ethyl adjacent to an activating group) is 1. The van der Waals surface area contributed by atoms with Gasteiger partial charge in [0.1, 0.15) is 16.5 Å². The molecule has 0 heterocycles. The summed E-state index contributed by atoms with van der Waals surface area (Å²) >= 11 is 0. The van der Waals surface area contributed by atoms with Crippen LogP contribution in [0.5, 0.6) is 5.75 Å². The highest BCUT2D eigenvalue weighted by Crippen LogP contribution is 2.28. The Morgan fingerprint density at radius 1 is 1.23 bits per heavy atom. The van der Waals surface area contributed by atoms with Crippen molar-refractivity contribution >= 4 is 15.9 Å². The molecule has 3 rings (SSSR count). The zero-order valence-corrected chi connectivity index (χ0v) is 18.0. The molecule has 1 aliphatic carbocycles. The van der Waals surface area contributed by atoms with Gasteiger partial charge in [0.2, 0.25) is 10.0 Å². The summed E-state index contributed by atoms with van der Waals surface area (Å²) in [5, 5.41) is 2.81. The first-order valence-electron chi connectivity index (χ1n) is 9.61. The molecule has 9 heteroatoms. The molecule has 0 bridgehead atoms. The van der Waals surface area contributed by atoms with Gasteiger partial charge in [0, 0.05) is 18.2 Å². The van der Waals surface area contributed by atoms with Crippen LogP contribution < -0.4 is 14.8 Å². The maximum absolute atomic E-state index is 13.6. The molecule has 0 radical (unpaired) electrons. The van der Waals surface area contributed by atoms with E-state index in [1.807, 2.05) is 19.0 Å². The fourth-order valence-electron chi connectivity index (χ4n) is 3.12. The minimum Gasteiger partial charge on any atom is -0.495 e. The Kier molecular flexibility index (Phi) is 6.74. The molecule has 0 saturated heterocycles. The third kappa shape index (κ3) is 5.35. The first-order valence-corrected chi connectivity index (χ1v) is 11.1. The monoisotopic (exact) mass is 435 g/mol. The number of hydrogen-bond donors (Lipinski definition) is 2. The van der Waals surface area contributed by atoms with Gasteiger partial charge in [-0.05, 0) is 62.8 Å². The highest BCUT2D eigenvalue weighted by atomic mass is 32.2. The first-order chi connectivity index (χ1) is 14.2. The normalized spacial score (nSPS) is 15.1. The van der Waals surface area contributed by atoms with E-state index >= 15 is 0 Å². The number of ether oxygens (including phenoxy) is 1. The summed E-state index contributed by atoms with van der Waals surface area (Å²) in [6, 6.07) is 10.2. The van der Waals surface area contributed by atoms with Gasteiger partial charge >= 0.3 is 0 Å². The van der Waals surface area contributed by atoms with Crippen molar-refractivity contribution in [2.75, 3.05) is 27.7 Å². The standard InChI is InChI=1S/C21H26FN3O4S/c1-25(2)18(14-5-4-6-16(22)11-14)13-23-21(26)15-7-10-19(29-3)20(12-15)30(27,28)24-17-8-9-17/h4-7,10-12,17-18,24H,8-9,13H2,1-3H3,(H,23,26). The van der Waals surface area contributed by atoms with Gasteiger partial charge in [-0.3, -0.25) is 4.79 Å². The Morgan fingerprint density at radius 3 is 2.57 bits per heavy atom. The van der Waals surface area contributed by atoms with Gasteiger partial charge in [0.05, 0.1) is 13.2 Å². The van der Waals surface area contributed by atoms with Gasteiger partial charge in [0.25, 0.3) is 5.91 Å². The second-order valence-corrected chi connectivity index (χ2v) is 9.19. The Morgan fingerprint density at radius 2 is 1.97 bits per heavy atom. The lowest BCUT2D eigenvalue weighted by atomic mass is 10.1. The van der Waals surface area contributed by atoms with Crippen molar-refractivity contribution < 1.29 is 22.3 Å². The van der Waals surface area contributed by atoms with Crippen molar-refractivity contribution in [1.29, 1.82) is 0 Å². The molecule has 2 N–H and O–H groups in total. The van der Waals surface area contributed by atoms with Crippen LogP contribution in [-0.4, -0.2) is 53.0 Å². The van der Waals surface area contributed by atoms with E-state index in [1.54, 1.807) is 12.1 Å². The average molecular weight is 436 g/mol. The molecule has 2 aromatic rings. The summed E-state index contributed by atoms with van der Waals surface area (Å²) in [5.41, 5.74) is 0.927. The van der Waals surface area contributed by atoms with Crippen LogP contribution in [0.4, 0.5) is 4.39 Å². The van der Waals surface area contributed by atoms with Gasteiger partial charge in [0.15, 0.2) is 0 Å². The molecule has 1 atom stereocenters. The van der Waals surface area contributed by atoms with Crippen LogP contribution in [0.1, 0.15) is 34.8 Å². The number of amides is 1. The summed E-state index contributed by atoms with van der Waals surface area (Å²) in [6.07, 6.45) is 1.60. The number of carbonyl (C=O) groups excluding carboxylic acids is 1. The minimum atomic E-state index is -3.79. The van der Waals surface area contributed by atoms with Crippen LogP contribution in [0.3, 0.4) is 0 Å². The SMILES string of the molecule is COc1ccc(C(=O)NCC(c2cccc(F)c2)N(C)C)cc1S(=O)(=O)NC1CC1. The van der Waals surface area contributed by atoms with Crippen molar-refractivity contribution in [2.45, 2.75) is 29.8 Å². The zero-order valence-electron chi connectivity index (χ0n) is 17.2. The predicted octanol–water partition coefficient (Wildman–Crippen LogP) is 2.31. The molecule has 0 aromatic heterocycles. The van der Waals surface area contributed by atoms with Crippen LogP contribution in [-0.2, 0) is 10.0 Å². The number of hydrogen-bond acceptors (Lipinski definition) is 5. The fourth-order valence-corrected chi connectivity index (χ4v) is 4.62. The van der Waals surface area contributed by atoms with Crippen LogP contribution in [0.2, 0.25) is 0 Å². The number of carbonyl (C=O) groups is 1. The Balaban J connectivity index is 1.78. The lowest BCUT2D eigenvalue weighted by molar-refractivity contribution is 0.0941. The highest BCUT2D eigenvalue weighted by Gasteiger charge is 2.30. The Bertz CT molecular complexity index is 1020. The van der Waals surface area contributed by atoms with E-state index in [0.717, 1.165) is 18.4 Å². The van der Waals surface area contributed by atoms with Gasteiger partial charge in [-0.1, -0.05) is 12.1 Å². The Labute approximate surface area is 176 Å². The van der Waals surface area contributed by atoms with E-state index in [2.05, 4.69) is 10.0 Å². The highest BCUT2D eigenvalue weighted by molar-refractivity contribution is 7.89. The second kappa shape index (κ2) is 9.11. The smallest absolute Gasteiger partial charge is 0.251 e. The second-order valence-electron chi connectivity index (χ2n) is 7.51. The van der Waals surface area contributed by atoms with E-state index in [0.29, 0.717) is 0 Å². The topological polar surface area (TPSA) is 87.7 Å². The quantitative estimate of drug-likeness (QED) is 0.631. The summed E-state index contributed by atoms with van der Waals surface area (Å²) in [4.78, 5) is 14.5. The molecule has 1 fully saturated rings. The summed E-state index contributed by atoms with van der Waals surface area (Å²) in [6.45, 7) is 0.226. The molecule has 0 aliphatic heterocycles. The maximum Gasteiger partial charge on any atom is 0.251 e. The molecule has 30 heavy (non-hydrogen) atoms.